The van der Waals surface area contributed by atoms with Gasteiger partial charge in [-0.1, -0.05) is 72.2 Å². The summed E-state index contributed by atoms with van der Waals surface area (Å²) in [7, 11) is 6.20. The Bertz CT molecular complexity index is 1050. The molecule has 2 radical (unpaired) electrons. The van der Waals surface area contributed by atoms with E-state index in [-0.39, 0.29) is 0 Å². The Hall–Kier alpha value is -2.80. The van der Waals surface area contributed by atoms with Crippen LogP contribution in [0.3, 0.4) is 0 Å². The lowest BCUT2D eigenvalue weighted by molar-refractivity contribution is 1.40. The van der Waals surface area contributed by atoms with Gasteiger partial charge in [0.2, 0.25) is 0 Å². The average molecular weight is 318 g/mol. The molecule has 0 unspecified atom stereocenters. The van der Waals surface area contributed by atoms with Crippen LogP contribution >= 0.6 is 0 Å². The van der Waals surface area contributed by atoms with Crippen molar-refractivity contribution in [1.82, 2.24) is 0 Å². The van der Waals surface area contributed by atoms with E-state index in [0.29, 0.717) is 0 Å². The zero-order valence-corrected chi connectivity index (χ0v) is 14.4. The molecule has 4 rings (SSSR count). The second-order valence-electron chi connectivity index (χ2n) is 6.37. The summed E-state index contributed by atoms with van der Waals surface area (Å²) in [6.07, 6.45) is 9.25. The van der Waals surface area contributed by atoms with E-state index in [2.05, 4.69) is 74.2 Å². The molecule has 25 heavy (non-hydrogen) atoms. The molecule has 0 aliphatic heterocycles. The molecule has 0 nitrogen and oxygen atoms in total. The molecule has 118 valence electrons. The Kier molecular flexibility index (Phi) is 3.93. The van der Waals surface area contributed by atoms with Crippen LogP contribution in [0.2, 0.25) is 0 Å². The molecule has 0 aromatic heterocycles. The first-order chi connectivity index (χ1) is 12.2. The van der Waals surface area contributed by atoms with E-state index in [1.807, 2.05) is 12.1 Å². The standard InChI is InChI=1S/C24H19B/c1-3-5-8-16(7-4-2)17-11-12-18-20-13-14-23(25)21-10-6-9-19(24(20)21)22(18)15-17/h3-4,6-15H,1,5H2,2H3/b7-4-,16-8+. The van der Waals surface area contributed by atoms with E-state index in [9.17, 15) is 0 Å². The Morgan fingerprint density at radius 1 is 1.00 bits per heavy atom. The minimum Gasteiger partial charge on any atom is -0.103 e. The van der Waals surface area contributed by atoms with Crippen molar-refractivity contribution >= 4 is 29.7 Å². The maximum absolute atomic E-state index is 6.20. The van der Waals surface area contributed by atoms with Gasteiger partial charge < -0.3 is 0 Å². The summed E-state index contributed by atoms with van der Waals surface area (Å²) in [5.41, 5.74) is 8.44. The zero-order valence-electron chi connectivity index (χ0n) is 14.4. The predicted octanol–water partition coefficient (Wildman–Crippen LogP) is 5.82. The molecule has 0 saturated heterocycles. The summed E-state index contributed by atoms with van der Waals surface area (Å²) < 4.78 is 0. The summed E-state index contributed by atoms with van der Waals surface area (Å²) in [6.45, 7) is 5.88. The Morgan fingerprint density at radius 2 is 1.80 bits per heavy atom. The molecule has 1 aliphatic rings. The predicted molar refractivity (Wildman–Crippen MR) is 111 cm³/mol. The van der Waals surface area contributed by atoms with E-state index in [1.54, 1.807) is 0 Å². The number of hydrogen-bond donors (Lipinski definition) is 0. The van der Waals surface area contributed by atoms with Gasteiger partial charge in [0.15, 0.2) is 0 Å². The number of benzene rings is 3. The van der Waals surface area contributed by atoms with E-state index in [1.165, 1.54) is 38.8 Å². The molecular weight excluding hydrogens is 299 g/mol. The third kappa shape index (κ3) is 2.48. The molecule has 1 heteroatoms. The minimum atomic E-state index is 0.842. The molecule has 0 N–H and O–H groups in total. The van der Waals surface area contributed by atoms with Crippen LogP contribution in [0, 0.1) is 0 Å². The SMILES string of the molecule is [B]c1ccc2c3c(cccc13)-c1cc(C(/C=C\C)=C/CC=C)ccc1-2. The van der Waals surface area contributed by atoms with E-state index >= 15 is 0 Å². The summed E-state index contributed by atoms with van der Waals surface area (Å²) >= 11 is 0. The van der Waals surface area contributed by atoms with Crippen LogP contribution in [0.5, 0.6) is 0 Å². The van der Waals surface area contributed by atoms with Crippen LogP contribution in [0.25, 0.3) is 38.6 Å². The van der Waals surface area contributed by atoms with Crippen LogP contribution in [0.1, 0.15) is 18.9 Å². The van der Waals surface area contributed by atoms with Gasteiger partial charge in [0.05, 0.1) is 0 Å². The van der Waals surface area contributed by atoms with Crippen LogP contribution < -0.4 is 5.46 Å². The Morgan fingerprint density at radius 3 is 2.60 bits per heavy atom. The van der Waals surface area contributed by atoms with Gasteiger partial charge in [-0.15, -0.1) is 6.58 Å². The normalized spacial score (nSPS) is 12.8. The van der Waals surface area contributed by atoms with Crippen LogP contribution in [-0.2, 0) is 0 Å². The Labute approximate surface area is 150 Å². The first-order valence-corrected chi connectivity index (χ1v) is 8.64. The molecule has 0 spiro atoms. The summed E-state index contributed by atoms with van der Waals surface area (Å²) in [5, 5.41) is 2.42. The highest BCUT2D eigenvalue weighted by Gasteiger charge is 2.21. The third-order valence-corrected chi connectivity index (χ3v) is 4.86. The molecule has 1 aliphatic carbocycles. The first kappa shape index (κ1) is 15.7. The van der Waals surface area contributed by atoms with E-state index < -0.39 is 0 Å². The van der Waals surface area contributed by atoms with Crippen LogP contribution in [0.15, 0.2) is 79.4 Å². The van der Waals surface area contributed by atoms with Crippen molar-refractivity contribution in [3.8, 4) is 22.3 Å². The molecule has 0 heterocycles. The second-order valence-corrected chi connectivity index (χ2v) is 6.37. The lowest BCUT2D eigenvalue weighted by Gasteiger charge is -2.08. The van der Waals surface area contributed by atoms with Crippen molar-refractivity contribution in [2.75, 3.05) is 0 Å². The number of rotatable bonds is 4. The summed E-state index contributed by atoms with van der Waals surface area (Å²) in [4.78, 5) is 0. The fraction of sp³-hybridized carbons (Fsp3) is 0.0833. The molecule has 3 aromatic rings. The second kappa shape index (κ2) is 6.25. The average Bonchev–Trinajstić information content (AvgIpc) is 2.96. The fourth-order valence-electron chi connectivity index (χ4n) is 3.73. The van der Waals surface area contributed by atoms with Crippen molar-refractivity contribution in [3.63, 3.8) is 0 Å². The van der Waals surface area contributed by atoms with Crippen LogP contribution in [-0.4, -0.2) is 7.85 Å². The van der Waals surface area contributed by atoms with Gasteiger partial charge in [0, 0.05) is 0 Å². The number of allylic oxidation sites excluding steroid dienone is 5. The largest absolute Gasteiger partial charge is 0.114 e. The van der Waals surface area contributed by atoms with Crippen molar-refractivity contribution in [1.29, 1.82) is 0 Å². The monoisotopic (exact) mass is 318 g/mol. The molecule has 0 saturated carbocycles. The molecule has 0 fully saturated rings. The lowest BCUT2D eigenvalue weighted by atomic mass is 9.88. The van der Waals surface area contributed by atoms with Gasteiger partial charge in [0.25, 0.3) is 0 Å². The topological polar surface area (TPSA) is 0 Å². The van der Waals surface area contributed by atoms with Crippen molar-refractivity contribution in [3.05, 3.63) is 85.0 Å². The van der Waals surface area contributed by atoms with Gasteiger partial charge >= 0.3 is 0 Å². The molecule has 0 amide bonds. The maximum atomic E-state index is 6.20. The van der Waals surface area contributed by atoms with Crippen molar-refractivity contribution in [2.24, 2.45) is 0 Å². The quantitative estimate of drug-likeness (QED) is 0.253. The highest BCUT2D eigenvalue weighted by Crippen LogP contribution is 2.47. The van der Waals surface area contributed by atoms with Gasteiger partial charge in [-0.25, -0.2) is 0 Å². The molecular formula is C24H19B. The van der Waals surface area contributed by atoms with E-state index in [4.69, 9.17) is 7.85 Å². The third-order valence-electron chi connectivity index (χ3n) is 4.86. The van der Waals surface area contributed by atoms with Gasteiger partial charge in [0.1, 0.15) is 7.85 Å². The minimum absolute atomic E-state index is 0.842. The fourth-order valence-corrected chi connectivity index (χ4v) is 3.73. The molecule has 0 bridgehead atoms. The Balaban J connectivity index is 1.94. The highest BCUT2D eigenvalue weighted by atomic mass is 14.2. The van der Waals surface area contributed by atoms with Gasteiger partial charge in [-0.3, -0.25) is 0 Å². The molecule has 0 atom stereocenters. The highest BCUT2D eigenvalue weighted by molar-refractivity contribution is 6.40. The van der Waals surface area contributed by atoms with Gasteiger partial charge in [-0.05, 0) is 63.6 Å². The number of fused-ring (bicyclic) bond motifs is 3. The molecule has 3 aromatic carbocycles. The van der Waals surface area contributed by atoms with Crippen molar-refractivity contribution in [2.45, 2.75) is 13.3 Å². The maximum Gasteiger partial charge on any atom is 0.114 e. The number of hydrogen-bond acceptors (Lipinski definition) is 0. The first-order valence-electron chi connectivity index (χ1n) is 8.64. The van der Waals surface area contributed by atoms with Gasteiger partial charge in [-0.2, -0.15) is 0 Å². The van der Waals surface area contributed by atoms with Crippen molar-refractivity contribution < 1.29 is 0 Å². The zero-order chi connectivity index (χ0) is 17.4. The smallest absolute Gasteiger partial charge is 0.103 e. The lowest BCUT2D eigenvalue weighted by Crippen LogP contribution is -2.02. The van der Waals surface area contributed by atoms with E-state index in [0.717, 1.165) is 17.3 Å². The van der Waals surface area contributed by atoms with Crippen LogP contribution in [0.4, 0.5) is 0 Å². The summed E-state index contributed by atoms with van der Waals surface area (Å²) in [5.74, 6) is 0. The summed E-state index contributed by atoms with van der Waals surface area (Å²) in [6, 6.07) is 17.3.